The molecular weight excluding hydrogens is 685 g/mol. The second-order valence-corrected chi connectivity index (χ2v) is 11.9. The number of alkyl halides is 1. The number of hydrogen-bond acceptors (Lipinski definition) is 14. The van der Waals surface area contributed by atoms with Crippen LogP contribution in [0.3, 0.4) is 0 Å². The number of aliphatic carboxylic acids is 1. The van der Waals surface area contributed by atoms with Crippen LogP contribution in [0.4, 0.5) is 4.39 Å². The van der Waals surface area contributed by atoms with Gasteiger partial charge in [0.2, 0.25) is 17.7 Å². The fraction of sp³-hybridized carbons (Fsp3) is 0.688. The molecule has 1 aromatic rings. The van der Waals surface area contributed by atoms with Crippen molar-refractivity contribution in [1.29, 1.82) is 0 Å². The van der Waals surface area contributed by atoms with E-state index in [0.717, 1.165) is 5.56 Å². The molecule has 13 atom stereocenters. The topological polar surface area (TPSA) is 283 Å². The molecule has 0 aromatic heterocycles. The van der Waals surface area contributed by atoms with Crippen molar-refractivity contribution >= 4 is 23.7 Å². The highest BCUT2D eigenvalue weighted by atomic mass is 19.1. The predicted molar refractivity (Wildman–Crippen MR) is 174 cm³/mol. The van der Waals surface area contributed by atoms with Gasteiger partial charge in [0.25, 0.3) is 0 Å². The second kappa shape index (κ2) is 22.5. The number of carboxylic acids is 1. The van der Waals surface area contributed by atoms with Gasteiger partial charge in [-0.15, -0.1) is 0 Å². The number of rotatable bonds is 13. The van der Waals surface area contributed by atoms with Crippen LogP contribution in [0.2, 0.25) is 0 Å². The van der Waals surface area contributed by atoms with Crippen molar-refractivity contribution in [3.8, 4) is 0 Å². The van der Waals surface area contributed by atoms with Crippen LogP contribution in [-0.2, 0) is 44.5 Å². The highest BCUT2D eigenvalue weighted by Crippen LogP contribution is 2.25. The SMILES string of the molecule is CC(=O)N[C@H]1C(O)O[C@H](CO)[C@@H](O)[C@@H]1O[C@H](C)C(=O)N[C@@H](C)Cc1ccccc1.CC(=O)N[C@H]1C(O)O[C@H](CO)[C@@H](O)[C@@H]1O[C@H](C)C(=O)O.[2H]CF. The van der Waals surface area contributed by atoms with Gasteiger partial charge in [0.1, 0.15) is 54.8 Å². The van der Waals surface area contributed by atoms with Gasteiger partial charge < -0.3 is 70.6 Å². The molecule has 0 aliphatic carbocycles. The van der Waals surface area contributed by atoms with Gasteiger partial charge in [0.05, 0.1) is 21.7 Å². The van der Waals surface area contributed by atoms with Crippen LogP contribution in [-0.4, -0.2) is 159 Å². The lowest BCUT2D eigenvalue weighted by atomic mass is 9.96. The number of benzene rings is 1. The van der Waals surface area contributed by atoms with Gasteiger partial charge in [-0.05, 0) is 32.8 Å². The Hall–Kier alpha value is -3.37. The van der Waals surface area contributed by atoms with Crippen molar-refractivity contribution < 1.29 is 79.6 Å². The molecule has 19 heteroatoms. The minimum atomic E-state index is -1.54. The molecule has 18 nitrogen and oxygen atoms in total. The van der Waals surface area contributed by atoms with Crippen LogP contribution >= 0.6 is 0 Å². The van der Waals surface area contributed by atoms with E-state index in [0.29, 0.717) is 6.42 Å². The summed E-state index contributed by atoms with van der Waals surface area (Å²) in [5, 5.41) is 75.2. The minimum Gasteiger partial charge on any atom is -0.479 e. The van der Waals surface area contributed by atoms with E-state index in [1.807, 2.05) is 37.3 Å². The summed E-state index contributed by atoms with van der Waals surface area (Å²) >= 11 is 0. The molecular formula is C32H52FN3O15. The fourth-order valence-corrected chi connectivity index (χ4v) is 5.24. The predicted octanol–water partition coefficient (Wildman–Crippen LogP) is -2.91. The summed E-state index contributed by atoms with van der Waals surface area (Å²) < 4.78 is 36.4. The summed E-state index contributed by atoms with van der Waals surface area (Å²) in [6.45, 7) is 5.91. The Morgan fingerprint density at radius 3 is 1.61 bits per heavy atom. The van der Waals surface area contributed by atoms with Gasteiger partial charge in [-0.25, -0.2) is 4.79 Å². The summed E-state index contributed by atoms with van der Waals surface area (Å²) in [4.78, 5) is 45.9. The van der Waals surface area contributed by atoms with Gasteiger partial charge in [-0.1, -0.05) is 30.3 Å². The van der Waals surface area contributed by atoms with Crippen molar-refractivity contribution in [2.24, 2.45) is 0 Å². The highest BCUT2D eigenvalue weighted by molar-refractivity contribution is 5.80. The summed E-state index contributed by atoms with van der Waals surface area (Å²) in [6, 6.07) is 7.30. The van der Waals surface area contributed by atoms with Crippen LogP contribution in [0.1, 0.15) is 41.6 Å². The monoisotopic (exact) mass is 738 g/mol. The maximum absolute atomic E-state index is 12.5. The minimum absolute atomic E-state index is 0.155. The second-order valence-electron chi connectivity index (χ2n) is 11.9. The maximum atomic E-state index is 12.5. The first kappa shape index (κ1) is 43.8. The summed E-state index contributed by atoms with van der Waals surface area (Å²) in [6.07, 6.45) is -12.0. The molecule has 0 spiro atoms. The lowest BCUT2D eigenvalue weighted by molar-refractivity contribution is -0.267. The zero-order valence-corrected chi connectivity index (χ0v) is 29.0. The third kappa shape index (κ3) is 14.3. The van der Waals surface area contributed by atoms with Crippen molar-refractivity contribution in [1.82, 2.24) is 16.0 Å². The van der Waals surface area contributed by atoms with Crippen molar-refractivity contribution in [3.63, 3.8) is 0 Å². The zero-order valence-electron chi connectivity index (χ0n) is 30.0. The highest BCUT2D eigenvalue weighted by Gasteiger charge is 2.48. The number of aliphatic hydroxyl groups excluding tert-OH is 6. The van der Waals surface area contributed by atoms with E-state index in [2.05, 4.69) is 16.0 Å². The number of aliphatic hydroxyl groups is 6. The van der Waals surface area contributed by atoms with Gasteiger partial charge in [0, 0.05) is 19.9 Å². The molecule has 2 aliphatic heterocycles. The molecule has 0 saturated carbocycles. The van der Waals surface area contributed by atoms with E-state index < -0.39 is 118 Å². The van der Waals surface area contributed by atoms with Crippen LogP contribution in [0.5, 0.6) is 0 Å². The number of hydrogen-bond donors (Lipinski definition) is 10. The molecule has 2 heterocycles. The van der Waals surface area contributed by atoms with Crippen molar-refractivity contribution in [3.05, 3.63) is 35.9 Å². The molecule has 2 saturated heterocycles. The van der Waals surface area contributed by atoms with Crippen LogP contribution in [0.25, 0.3) is 0 Å². The van der Waals surface area contributed by atoms with Gasteiger partial charge in [-0.3, -0.25) is 18.8 Å². The van der Waals surface area contributed by atoms with Crippen LogP contribution < -0.4 is 16.0 Å². The van der Waals surface area contributed by atoms with Crippen molar-refractivity contribution in [2.75, 3.05) is 20.4 Å². The third-order valence-electron chi connectivity index (χ3n) is 7.70. The van der Waals surface area contributed by atoms with E-state index in [9.17, 15) is 49.1 Å². The molecule has 1 aromatic carbocycles. The van der Waals surface area contributed by atoms with Crippen molar-refractivity contribution in [2.45, 2.75) is 121 Å². The largest absolute Gasteiger partial charge is 0.479 e. The molecule has 51 heavy (non-hydrogen) atoms. The average Bonchev–Trinajstić information content (AvgIpc) is 3.07. The standard InChI is InChI=1S/C20H30N2O7.C11H19NO8.CH3F/c1-11(9-14-7-5-4-6-8-14)21-19(26)12(2)28-18-16(22-13(3)24)20(27)29-15(10-23)17(18)25;1-4(10(16)17)19-9-7(12-5(2)14)11(18)20-6(3-13)8(9)15;1-2/h4-8,11-12,15-18,20,23,25,27H,9-10H2,1-3H3,(H,21,26)(H,22,24);4,6-9,11,13,15,18H,3H2,1-2H3,(H,12,14)(H,16,17);1H3/t11-,12+,15+,16+,17+,18+,20?;4-,6-,7-,8-,9-,11?;/m01./s1/i;;1D. The zero-order chi connectivity index (χ0) is 39.7. The Balaban J connectivity index is 0.000000512. The number of halogens is 1. The number of carbonyl (C=O) groups excluding carboxylic acids is 3. The average molecular weight is 739 g/mol. The molecule has 2 fully saturated rings. The molecule has 3 rings (SSSR count). The third-order valence-corrected chi connectivity index (χ3v) is 7.70. The molecule has 2 aliphatic rings. The molecule has 2 unspecified atom stereocenters. The van der Waals surface area contributed by atoms with Gasteiger partial charge in [-0.2, -0.15) is 0 Å². The first-order chi connectivity index (χ1) is 24.4. The number of nitrogens with one attached hydrogen (secondary N) is 3. The lowest BCUT2D eigenvalue weighted by Crippen LogP contribution is -2.65. The fourth-order valence-electron chi connectivity index (χ4n) is 5.24. The van der Waals surface area contributed by atoms with E-state index >= 15 is 0 Å². The Kier molecular flexibility index (Phi) is 19.4. The summed E-state index contributed by atoms with van der Waals surface area (Å²) in [7, 11) is -1.00. The van der Waals surface area contributed by atoms with E-state index in [1.54, 1.807) is 0 Å². The molecule has 0 radical (unpaired) electrons. The molecule has 0 bridgehead atoms. The normalized spacial score (nSPS) is 30.7. The Morgan fingerprint density at radius 1 is 0.824 bits per heavy atom. The Labute approximate surface area is 296 Å². The Morgan fingerprint density at radius 2 is 1.24 bits per heavy atom. The number of amides is 3. The van der Waals surface area contributed by atoms with E-state index in [-0.39, 0.29) is 6.04 Å². The van der Waals surface area contributed by atoms with Crippen LogP contribution in [0, 0.1) is 0 Å². The summed E-state index contributed by atoms with van der Waals surface area (Å²) in [5.41, 5.74) is 1.08. The molecule has 292 valence electrons. The molecule has 10 N–H and O–H groups in total. The Bertz CT molecular complexity index is 1240. The van der Waals surface area contributed by atoms with Crippen LogP contribution in [0.15, 0.2) is 30.3 Å². The van der Waals surface area contributed by atoms with E-state index in [4.69, 9.17) is 30.5 Å². The van der Waals surface area contributed by atoms with E-state index in [1.165, 1.54) is 27.7 Å². The number of carbonyl (C=O) groups is 4. The lowest BCUT2D eigenvalue weighted by Gasteiger charge is -2.43. The first-order valence-electron chi connectivity index (χ1n) is 16.6. The number of carboxylic acid groups (broad SMARTS) is 1. The summed E-state index contributed by atoms with van der Waals surface area (Å²) in [5.74, 6) is -2.64. The quantitative estimate of drug-likeness (QED) is 0.0971. The smallest absolute Gasteiger partial charge is 0.332 e. The first-order valence-corrected chi connectivity index (χ1v) is 15.9. The van der Waals surface area contributed by atoms with Gasteiger partial charge >= 0.3 is 5.97 Å². The number of ether oxygens (including phenoxy) is 4. The van der Waals surface area contributed by atoms with Gasteiger partial charge in [0.15, 0.2) is 18.7 Å². The maximum Gasteiger partial charge on any atom is 0.332 e. The molecule has 3 amide bonds.